The van der Waals surface area contributed by atoms with Gasteiger partial charge in [-0.2, -0.15) is 0 Å². The first kappa shape index (κ1) is 25.8. The van der Waals surface area contributed by atoms with Crippen molar-refractivity contribution in [3.05, 3.63) is 89.5 Å². The number of alkyl carbamates (subject to hydrolysis) is 1. The van der Waals surface area contributed by atoms with E-state index in [1.807, 2.05) is 24.3 Å². The molecule has 0 aromatic heterocycles. The Morgan fingerprint density at radius 3 is 1.97 bits per heavy atom. The molecule has 1 atom stereocenters. The number of ether oxygens (including phenoxy) is 2. The fraction of sp³-hybridized carbons (Fsp3) is 0.276. The Morgan fingerprint density at radius 2 is 1.43 bits per heavy atom. The molecule has 0 saturated carbocycles. The topological polar surface area (TPSA) is 117 Å². The van der Waals surface area contributed by atoms with E-state index >= 15 is 0 Å². The minimum Gasteiger partial charge on any atom is -0.548 e. The number of fused-ring (bicyclic) bond motifs is 3. The number of amides is 2. The molecule has 37 heavy (non-hydrogen) atoms. The second-order valence-corrected chi connectivity index (χ2v) is 9.87. The Morgan fingerprint density at radius 1 is 0.865 bits per heavy atom. The Hall–Kier alpha value is -4.33. The van der Waals surface area contributed by atoms with Crippen LogP contribution in [0.25, 0.3) is 11.1 Å². The predicted molar refractivity (Wildman–Crippen MR) is 137 cm³/mol. The van der Waals surface area contributed by atoms with Gasteiger partial charge in [-0.3, -0.25) is 5.32 Å². The highest BCUT2D eigenvalue weighted by Crippen LogP contribution is 2.44. The summed E-state index contributed by atoms with van der Waals surface area (Å²) in [4.78, 5) is 35.9. The number of benzene rings is 3. The molecule has 1 aliphatic carbocycles. The Kier molecular flexibility index (Phi) is 7.47. The van der Waals surface area contributed by atoms with E-state index in [-0.39, 0.29) is 18.9 Å². The van der Waals surface area contributed by atoms with Crippen molar-refractivity contribution in [3.63, 3.8) is 0 Å². The molecule has 2 N–H and O–H groups in total. The summed E-state index contributed by atoms with van der Waals surface area (Å²) in [6.45, 7) is 5.25. The molecule has 0 fully saturated rings. The molecule has 0 heterocycles. The lowest BCUT2D eigenvalue weighted by Gasteiger charge is -2.24. The highest BCUT2D eigenvalue weighted by molar-refractivity contribution is 5.85. The predicted octanol–water partition coefficient (Wildman–Crippen LogP) is 4.23. The highest BCUT2D eigenvalue weighted by Gasteiger charge is 2.29. The molecule has 8 heteroatoms. The van der Waals surface area contributed by atoms with Crippen molar-refractivity contribution in [1.82, 2.24) is 5.32 Å². The van der Waals surface area contributed by atoms with Crippen LogP contribution >= 0.6 is 0 Å². The van der Waals surface area contributed by atoms with Gasteiger partial charge < -0.3 is 24.7 Å². The smallest absolute Gasteiger partial charge is 0.411 e. The van der Waals surface area contributed by atoms with Crippen LogP contribution in [-0.2, 0) is 20.7 Å². The molecular weight excluding hydrogens is 472 g/mol. The molecule has 1 unspecified atom stereocenters. The summed E-state index contributed by atoms with van der Waals surface area (Å²) in [5, 5.41) is 16.5. The van der Waals surface area contributed by atoms with Crippen molar-refractivity contribution in [2.75, 3.05) is 11.9 Å². The van der Waals surface area contributed by atoms with Crippen LogP contribution in [-0.4, -0.2) is 36.4 Å². The SMILES string of the molecule is CC(C)(C)OC(=O)NC(Cc1ccc(NC(=O)OCC2c3ccccc3-c3ccccc32)cc1)C(=O)[O-]. The monoisotopic (exact) mass is 501 g/mol. The average molecular weight is 502 g/mol. The van der Waals surface area contributed by atoms with Crippen molar-refractivity contribution in [3.8, 4) is 11.1 Å². The first-order valence-corrected chi connectivity index (χ1v) is 12.0. The summed E-state index contributed by atoms with van der Waals surface area (Å²) in [6, 6.07) is 21.5. The van der Waals surface area contributed by atoms with Gasteiger partial charge in [0.15, 0.2) is 0 Å². The van der Waals surface area contributed by atoms with E-state index in [0.717, 1.165) is 22.3 Å². The van der Waals surface area contributed by atoms with Gasteiger partial charge in [0, 0.05) is 11.6 Å². The second-order valence-electron chi connectivity index (χ2n) is 9.87. The molecule has 0 saturated heterocycles. The van der Waals surface area contributed by atoms with Crippen molar-refractivity contribution >= 4 is 23.8 Å². The Balaban J connectivity index is 1.33. The van der Waals surface area contributed by atoms with Gasteiger partial charge in [0.2, 0.25) is 0 Å². The maximum absolute atomic E-state index is 12.5. The molecule has 1 aliphatic rings. The summed E-state index contributed by atoms with van der Waals surface area (Å²) in [5.41, 5.74) is 4.92. The van der Waals surface area contributed by atoms with E-state index < -0.39 is 29.8 Å². The van der Waals surface area contributed by atoms with E-state index in [0.29, 0.717) is 11.3 Å². The van der Waals surface area contributed by atoms with Gasteiger partial charge in [-0.15, -0.1) is 0 Å². The molecule has 0 bridgehead atoms. The third-order valence-electron chi connectivity index (χ3n) is 5.96. The number of rotatable bonds is 7. The van der Waals surface area contributed by atoms with Gasteiger partial charge >= 0.3 is 12.2 Å². The van der Waals surface area contributed by atoms with Gasteiger partial charge in [0.05, 0.1) is 12.0 Å². The number of carboxylic acids is 1. The van der Waals surface area contributed by atoms with Gasteiger partial charge in [0.1, 0.15) is 12.2 Å². The molecule has 3 aromatic rings. The molecule has 3 aromatic carbocycles. The van der Waals surface area contributed by atoms with Crippen LogP contribution in [0, 0.1) is 0 Å². The van der Waals surface area contributed by atoms with Crippen LogP contribution in [0.15, 0.2) is 72.8 Å². The van der Waals surface area contributed by atoms with Crippen molar-refractivity contribution in [1.29, 1.82) is 0 Å². The second kappa shape index (κ2) is 10.7. The molecule has 0 spiro atoms. The number of nitrogens with one attached hydrogen (secondary N) is 2. The normalized spacial score (nSPS) is 13.2. The number of hydrogen-bond acceptors (Lipinski definition) is 6. The highest BCUT2D eigenvalue weighted by atomic mass is 16.6. The van der Waals surface area contributed by atoms with E-state index in [1.165, 1.54) is 0 Å². The lowest BCUT2D eigenvalue weighted by atomic mass is 9.98. The van der Waals surface area contributed by atoms with Crippen LogP contribution in [0.3, 0.4) is 0 Å². The third kappa shape index (κ3) is 6.46. The zero-order valence-corrected chi connectivity index (χ0v) is 20.9. The van der Waals surface area contributed by atoms with Crippen molar-refractivity contribution < 1.29 is 29.0 Å². The lowest BCUT2D eigenvalue weighted by Crippen LogP contribution is -2.50. The standard InChI is InChI=1S/C29H30N2O6/c1-29(2,3)37-28(35)31-25(26(32)33)16-18-12-14-19(15-13-18)30-27(34)36-17-24-22-10-6-4-8-20(22)21-9-5-7-11-23(21)24/h4-15,24-25H,16-17H2,1-3H3,(H,30,34)(H,31,35)(H,32,33)/p-1. The summed E-state index contributed by atoms with van der Waals surface area (Å²) < 4.78 is 10.7. The third-order valence-corrected chi connectivity index (χ3v) is 5.96. The molecule has 8 nitrogen and oxygen atoms in total. The molecule has 0 aliphatic heterocycles. The molecular formula is C29H29N2O6-. The minimum absolute atomic E-state index is 0.00714. The number of carbonyl (C=O) groups excluding carboxylic acids is 3. The summed E-state index contributed by atoms with van der Waals surface area (Å²) in [5.74, 6) is -1.47. The Bertz CT molecular complexity index is 1250. The Labute approximate surface area is 215 Å². The number of anilines is 1. The van der Waals surface area contributed by atoms with Crippen LogP contribution < -0.4 is 15.7 Å². The first-order valence-electron chi connectivity index (χ1n) is 12.0. The van der Waals surface area contributed by atoms with E-state index in [2.05, 4.69) is 34.9 Å². The molecule has 2 amide bonds. The maximum atomic E-state index is 12.5. The largest absolute Gasteiger partial charge is 0.548 e. The van der Waals surface area contributed by atoms with E-state index in [9.17, 15) is 19.5 Å². The van der Waals surface area contributed by atoms with Gasteiger partial charge in [-0.1, -0.05) is 60.7 Å². The van der Waals surface area contributed by atoms with Crippen LogP contribution in [0.4, 0.5) is 15.3 Å². The first-order chi connectivity index (χ1) is 17.6. The fourth-order valence-electron chi connectivity index (χ4n) is 4.36. The molecule has 4 rings (SSSR count). The fourth-order valence-corrected chi connectivity index (χ4v) is 4.36. The number of carboxylic acid groups (broad SMARTS) is 1. The van der Waals surface area contributed by atoms with Gasteiger partial charge in [0.25, 0.3) is 0 Å². The number of aliphatic carboxylic acids is 1. The summed E-state index contributed by atoms with van der Waals surface area (Å²) in [6.07, 6.45) is -1.43. The summed E-state index contributed by atoms with van der Waals surface area (Å²) >= 11 is 0. The maximum Gasteiger partial charge on any atom is 0.411 e. The van der Waals surface area contributed by atoms with Gasteiger partial charge in [-0.25, -0.2) is 9.59 Å². The van der Waals surface area contributed by atoms with Crippen LogP contribution in [0.1, 0.15) is 43.4 Å². The summed E-state index contributed by atoms with van der Waals surface area (Å²) in [7, 11) is 0. The zero-order valence-electron chi connectivity index (χ0n) is 20.9. The zero-order chi connectivity index (χ0) is 26.6. The van der Waals surface area contributed by atoms with Gasteiger partial charge in [-0.05, 0) is 67.1 Å². The number of hydrogen-bond donors (Lipinski definition) is 2. The minimum atomic E-state index is -1.42. The van der Waals surface area contributed by atoms with Crippen molar-refractivity contribution in [2.45, 2.75) is 44.8 Å². The molecule has 0 radical (unpaired) electrons. The quantitative estimate of drug-likeness (QED) is 0.500. The average Bonchev–Trinajstić information content (AvgIpc) is 3.16. The van der Waals surface area contributed by atoms with Crippen molar-refractivity contribution in [2.24, 2.45) is 0 Å². The molecule has 192 valence electrons. The lowest BCUT2D eigenvalue weighted by molar-refractivity contribution is -0.308. The van der Waals surface area contributed by atoms with Crippen LogP contribution in [0.5, 0.6) is 0 Å². The van der Waals surface area contributed by atoms with E-state index in [4.69, 9.17) is 9.47 Å². The van der Waals surface area contributed by atoms with E-state index in [1.54, 1.807) is 45.0 Å². The number of carbonyl (C=O) groups is 3. The van der Waals surface area contributed by atoms with Crippen LogP contribution in [0.2, 0.25) is 0 Å².